The van der Waals surface area contributed by atoms with E-state index in [1.165, 1.54) is 0 Å². The fourth-order valence-electron chi connectivity index (χ4n) is 1.89. The van der Waals surface area contributed by atoms with Crippen LogP contribution in [0.1, 0.15) is 27.2 Å². The van der Waals surface area contributed by atoms with E-state index >= 15 is 0 Å². The van der Waals surface area contributed by atoms with Crippen LogP contribution in [0.2, 0.25) is 10.0 Å². The molecule has 0 amide bonds. The van der Waals surface area contributed by atoms with Crippen LogP contribution in [0.3, 0.4) is 0 Å². The monoisotopic (exact) mass is 333 g/mol. The van der Waals surface area contributed by atoms with E-state index < -0.39 is 5.97 Å². The molecule has 0 atom stereocenters. The summed E-state index contributed by atoms with van der Waals surface area (Å²) in [6.07, 6.45) is 0.101. The predicted molar refractivity (Wildman–Crippen MR) is 85.5 cm³/mol. The fourth-order valence-corrected chi connectivity index (χ4v) is 2.40. The van der Waals surface area contributed by atoms with Gasteiger partial charge in [0.15, 0.2) is 5.75 Å². The molecule has 0 aliphatic carbocycles. The summed E-state index contributed by atoms with van der Waals surface area (Å²) in [7, 11) is 0. The molecule has 118 valence electrons. The Morgan fingerprint density at radius 2 is 1.81 bits per heavy atom. The van der Waals surface area contributed by atoms with Crippen LogP contribution >= 0.6 is 23.2 Å². The van der Waals surface area contributed by atoms with Gasteiger partial charge in [0, 0.05) is 18.6 Å². The minimum absolute atomic E-state index is 0.101. The Hall–Kier alpha value is -0.970. The highest BCUT2D eigenvalue weighted by molar-refractivity contribution is 6.37. The molecule has 0 radical (unpaired) electrons. The Morgan fingerprint density at radius 3 is 2.29 bits per heavy atom. The summed E-state index contributed by atoms with van der Waals surface area (Å²) in [5.74, 6) is -0.341. The number of hydrogen-bond donors (Lipinski definition) is 1. The molecule has 0 unspecified atom stereocenters. The van der Waals surface area contributed by atoms with Gasteiger partial charge in [-0.15, -0.1) is 0 Å². The molecule has 1 aromatic carbocycles. The Bertz CT molecular complexity index is 466. The average molecular weight is 334 g/mol. The largest absolute Gasteiger partial charge is 0.489 e. The minimum atomic E-state index is -0.806. The third-order valence-corrected chi connectivity index (χ3v) is 3.67. The van der Waals surface area contributed by atoms with Gasteiger partial charge in [-0.1, -0.05) is 29.3 Å². The number of carbonyl (C=O) groups is 1. The third-order valence-electron chi connectivity index (χ3n) is 3.07. The maximum Gasteiger partial charge on any atom is 0.304 e. The quantitative estimate of drug-likeness (QED) is 0.820. The number of ether oxygens (including phenoxy) is 1. The van der Waals surface area contributed by atoms with Crippen LogP contribution in [0.25, 0.3) is 0 Å². The molecule has 1 rings (SSSR count). The van der Waals surface area contributed by atoms with Crippen LogP contribution in [-0.2, 0) is 4.79 Å². The first-order valence-corrected chi connectivity index (χ1v) is 7.51. The number of halogens is 2. The molecule has 0 aliphatic heterocycles. The van der Waals surface area contributed by atoms with E-state index in [0.717, 1.165) is 0 Å². The number of carboxylic acid groups (broad SMARTS) is 1. The summed E-state index contributed by atoms with van der Waals surface area (Å²) >= 11 is 12.1. The smallest absolute Gasteiger partial charge is 0.304 e. The number of carboxylic acids is 1. The van der Waals surface area contributed by atoms with E-state index in [1.54, 1.807) is 18.2 Å². The van der Waals surface area contributed by atoms with Crippen molar-refractivity contribution in [2.75, 3.05) is 19.7 Å². The molecule has 0 aromatic heterocycles. The Balaban J connectivity index is 2.59. The lowest BCUT2D eigenvalue weighted by atomic mass is 10.1. The molecule has 0 heterocycles. The summed E-state index contributed by atoms with van der Waals surface area (Å²) in [5, 5.41) is 9.75. The Kier molecular flexibility index (Phi) is 6.78. The molecule has 0 saturated carbocycles. The van der Waals surface area contributed by atoms with Gasteiger partial charge >= 0.3 is 5.97 Å². The number of rotatable bonds is 7. The van der Waals surface area contributed by atoms with Crippen molar-refractivity contribution in [1.29, 1.82) is 0 Å². The van der Waals surface area contributed by atoms with E-state index in [4.69, 9.17) is 33.0 Å². The zero-order valence-corrected chi connectivity index (χ0v) is 14.0. The molecule has 0 fully saturated rings. The number of aliphatic carboxylic acids is 1. The molecule has 0 saturated heterocycles. The van der Waals surface area contributed by atoms with Crippen molar-refractivity contribution in [1.82, 2.24) is 4.90 Å². The van der Waals surface area contributed by atoms with Crippen molar-refractivity contribution >= 4 is 29.2 Å². The summed E-state index contributed by atoms with van der Waals surface area (Å²) in [5.41, 5.74) is -0.136. The summed E-state index contributed by atoms with van der Waals surface area (Å²) in [6.45, 7) is 7.57. The number of hydrogen-bond acceptors (Lipinski definition) is 3. The standard InChI is InChI=1S/C15H21Cl2NO3/c1-15(2,3)18(8-7-13(19)20)9-10-21-14-11(16)5-4-6-12(14)17/h4-6H,7-10H2,1-3H3,(H,19,20). The van der Waals surface area contributed by atoms with Gasteiger partial charge in [0.25, 0.3) is 0 Å². The minimum Gasteiger partial charge on any atom is -0.489 e. The average Bonchev–Trinajstić information content (AvgIpc) is 2.34. The maximum atomic E-state index is 10.7. The maximum absolute atomic E-state index is 10.7. The van der Waals surface area contributed by atoms with E-state index in [1.807, 2.05) is 20.8 Å². The highest BCUT2D eigenvalue weighted by Crippen LogP contribution is 2.32. The molecule has 0 bridgehead atoms. The topological polar surface area (TPSA) is 49.8 Å². The first kappa shape index (κ1) is 18.1. The molecule has 0 aliphatic rings. The van der Waals surface area contributed by atoms with Crippen molar-refractivity contribution in [3.8, 4) is 5.75 Å². The Morgan fingerprint density at radius 1 is 1.24 bits per heavy atom. The zero-order valence-electron chi connectivity index (χ0n) is 12.5. The zero-order chi connectivity index (χ0) is 16.0. The first-order valence-electron chi connectivity index (χ1n) is 6.75. The molecule has 0 spiro atoms. The highest BCUT2D eigenvalue weighted by Gasteiger charge is 2.21. The van der Waals surface area contributed by atoms with E-state index in [2.05, 4.69) is 4.90 Å². The summed E-state index contributed by atoms with van der Waals surface area (Å²) < 4.78 is 5.65. The van der Waals surface area contributed by atoms with E-state index in [-0.39, 0.29) is 12.0 Å². The van der Waals surface area contributed by atoms with Crippen molar-refractivity contribution in [2.45, 2.75) is 32.7 Å². The molecule has 21 heavy (non-hydrogen) atoms. The van der Waals surface area contributed by atoms with Crippen LogP contribution in [0.5, 0.6) is 5.75 Å². The number of para-hydroxylation sites is 1. The summed E-state index contributed by atoms with van der Waals surface area (Å²) in [6, 6.07) is 5.19. The van der Waals surface area contributed by atoms with Gasteiger partial charge < -0.3 is 9.84 Å². The second-order valence-electron chi connectivity index (χ2n) is 5.70. The molecule has 1 N–H and O–H groups in total. The lowest BCUT2D eigenvalue weighted by Crippen LogP contribution is -2.44. The van der Waals surface area contributed by atoms with Gasteiger partial charge in [0.05, 0.1) is 16.5 Å². The van der Waals surface area contributed by atoms with Crippen LogP contribution in [0, 0.1) is 0 Å². The van der Waals surface area contributed by atoms with Gasteiger partial charge in [-0.25, -0.2) is 0 Å². The second kappa shape index (κ2) is 7.87. The van der Waals surface area contributed by atoms with Crippen LogP contribution in [0.4, 0.5) is 0 Å². The van der Waals surface area contributed by atoms with Gasteiger partial charge in [0.2, 0.25) is 0 Å². The molecule has 1 aromatic rings. The van der Waals surface area contributed by atoms with E-state index in [9.17, 15) is 4.79 Å². The fraction of sp³-hybridized carbons (Fsp3) is 0.533. The highest BCUT2D eigenvalue weighted by atomic mass is 35.5. The van der Waals surface area contributed by atoms with Crippen LogP contribution in [-0.4, -0.2) is 41.2 Å². The third kappa shape index (κ3) is 6.12. The normalized spacial score (nSPS) is 11.7. The summed E-state index contributed by atoms with van der Waals surface area (Å²) in [4.78, 5) is 12.8. The van der Waals surface area contributed by atoms with Gasteiger partial charge in [-0.05, 0) is 32.9 Å². The lowest BCUT2D eigenvalue weighted by Gasteiger charge is -2.35. The first-order chi connectivity index (χ1) is 9.71. The molecular formula is C15H21Cl2NO3. The molecule has 4 nitrogen and oxygen atoms in total. The predicted octanol–water partition coefficient (Wildman–Crippen LogP) is 3.95. The van der Waals surface area contributed by atoms with Gasteiger partial charge in [-0.3, -0.25) is 9.69 Å². The van der Waals surface area contributed by atoms with Gasteiger partial charge in [0.1, 0.15) is 6.61 Å². The van der Waals surface area contributed by atoms with Crippen molar-refractivity contribution in [3.05, 3.63) is 28.2 Å². The lowest BCUT2D eigenvalue weighted by molar-refractivity contribution is -0.137. The van der Waals surface area contributed by atoms with Gasteiger partial charge in [-0.2, -0.15) is 0 Å². The second-order valence-corrected chi connectivity index (χ2v) is 6.52. The Labute approximate surface area is 135 Å². The van der Waals surface area contributed by atoms with Crippen molar-refractivity contribution in [2.24, 2.45) is 0 Å². The molecular weight excluding hydrogens is 313 g/mol. The number of nitrogens with zero attached hydrogens (tertiary/aromatic N) is 1. The van der Waals surface area contributed by atoms with Crippen molar-refractivity contribution < 1.29 is 14.6 Å². The van der Waals surface area contributed by atoms with E-state index in [0.29, 0.717) is 35.5 Å². The van der Waals surface area contributed by atoms with Crippen LogP contribution < -0.4 is 4.74 Å². The molecule has 6 heteroatoms. The van der Waals surface area contributed by atoms with Crippen molar-refractivity contribution in [3.63, 3.8) is 0 Å². The number of benzene rings is 1. The SMILES string of the molecule is CC(C)(C)N(CCOc1c(Cl)cccc1Cl)CCC(=O)O. The van der Waals surface area contributed by atoms with Crippen LogP contribution in [0.15, 0.2) is 18.2 Å².